The van der Waals surface area contributed by atoms with Crippen molar-refractivity contribution in [2.45, 2.75) is 45.1 Å². The molecule has 4 nitrogen and oxygen atoms in total. The zero-order valence-corrected chi connectivity index (χ0v) is 10.4. The van der Waals surface area contributed by atoms with E-state index in [1.807, 2.05) is 0 Å². The largest absolute Gasteiger partial charge is 0.480 e. The molecule has 94 valence electrons. The summed E-state index contributed by atoms with van der Waals surface area (Å²) in [6, 6.07) is 0. The summed E-state index contributed by atoms with van der Waals surface area (Å²) in [4.78, 5) is 13.7. The fourth-order valence-corrected chi connectivity index (χ4v) is 2.45. The van der Waals surface area contributed by atoms with E-state index < -0.39 is 11.5 Å². The third kappa shape index (κ3) is 2.74. The fourth-order valence-electron chi connectivity index (χ4n) is 2.45. The summed E-state index contributed by atoms with van der Waals surface area (Å²) in [6.07, 6.45) is 3.22. The maximum Gasteiger partial charge on any atom is 0.324 e. The molecule has 0 unspecified atom stereocenters. The van der Waals surface area contributed by atoms with E-state index in [9.17, 15) is 9.90 Å². The van der Waals surface area contributed by atoms with E-state index in [2.05, 4.69) is 18.7 Å². The van der Waals surface area contributed by atoms with E-state index >= 15 is 0 Å². The Balaban J connectivity index is 2.82. The molecule has 0 aromatic heterocycles. The summed E-state index contributed by atoms with van der Waals surface area (Å²) < 4.78 is 5.29. The third-order valence-electron chi connectivity index (χ3n) is 3.31. The molecule has 16 heavy (non-hydrogen) atoms. The first kappa shape index (κ1) is 13.5. The maximum absolute atomic E-state index is 11.6. The summed E-state index contributed by atoms with van der Waals surface area (Å²) >= 11 is 0. The standard InChI is InChI=1S/C12H23NO3/c1-3-7-13(8-4-2)12(11(14)15)5-9-16-10-6-12/h3-10H2,1-2H3,(H,14,15). The number of carbonyl (C=O) groups is 1. The van der Waals surface area contributed by atoms with Crippen molar-refractivity contribution >= 4 is 5.97 Å². The molecular weight excluding hydrogens is 206 g/mol. The normalized spacial score (nSPS) is 19.9. The Kier molecular flexibility index (Phi) is 5.22. The minimum absolute atomic E-state index is 0.566. The smallest absolute Gasteiger partial charge is 0.324 e. The second-order valence-corrected chi connectivity index (χ2v) is 4.44. The number of hydrogen-bond acceptors (Lipinski definition) is 3. The lowest BCUT2D eigenvalue weighted by molar-refractivity contribution is -0.159. The van der Waals surface area contributed by atoms with Gasteiger partial charge in [0.1, 0.15) is 5.54 Å². The Morgan fingerprint density at radius 2 is 1.75 bits per heavy atom. The molecule has 1 N–H and O–H groups in total. The van der Waals surface area contributed by atoms with E-state index in [4.69, 9.17) is 4.74 Å². The molecule has 1 fully saturated rings. The minimum atomic E-state index is -0.683. The highest BCUT2D eigenvalue weighted by molar-refractivity contribution is 5.79. The lowest BCUT2D eigenvalue weighted by Crippen LogP contribution is -2.58. The van der Waals surface area contributed by atoms with Crippen LogP contribution in [0.3, 0.4) is 0 Å². The molecular formula is C12H23NO3. The number of nitrogens with zero attached hydrogens (tertiary/aromatic N) is 1. The molecule has 0 radical (unpaired) electrons. The number of rotatable bonds is 6. The van der Waals surface area contributed by atoms with Crippen LogP contribution in [-0.2, 0) is 9.53 Å². The molecule has 1 aliphatic rings. The molecule has 0 saturated carbocycles. The second kappa shape index (κ2) is 6.21. The van der Waals surface area contributed by atoms with Crippen molar-refractivity contribution in [3.8, 4) is 0 Å². The Morgan fingerprint density at radius 1 is 1.25 bits per heavy atom. The first-order valence-electron chi connectivity index (χ1n) is 6.23. The van der Waals surface area contributed by atoms with Crippen molar-refractivity contribution in [1.82, 2.24) is 4.90 Å². The zero-order chi connectivity index (χ0) is 12.0. The van der Waals surface area contributed by atoms with Gasteiger partial charge in [0.05, 0.1) is 0 Å². The van der Waals surface area contributed by atoms with E-state index in [1.54, 1.807) is 0 Å². The van der Waals surface area contributed by atoms with Crippen molar-refractivity contribution < 1.29 is 14.6 Å². The Bertz CT molecular complexity index is 218. The quantitative estimate of drug-likeness (QED) is 0.753. The summed E-state index contributed by atoms with van der Waals surface area (Å²) in [5, 5.41) is 9.52. The van der Waals surface area contributed by atoms with Crippen LogP contribution in [0.25, 0.3) is 0 Å². The average Bonchev–Trinajstić information content (AvgIpc) is 2.29. The van der Waals surface area contributed by atoms with E-state index in [1.165, 1.54) is 0 Å². The van der Waals surface area contributed by atoms with Crippen LogP contribution < -0.4 is 0 Å². The topological polar surface area (TPSA) is 49.8 Å². The minimum Gasteiger partial charge on any atom is -0.480 e. The van der Waals surface area contributed by atoms with Gasteiger partial charge in [-0.2, -0.15) is 0 Å². The molecule has 1 aliphatic heterocycles. The van der Waals surface area contributed by atoms with Crippen LogP contribution in [0.15, 0.2) is 0 Å². The van der Waals surface area contributed by atoms with Gasteiger partial charge >= 0.3 is 5.97 Å². The van der Waals surface area contributed by atoms with Crippen molar-refractivity contribution in [3.63, 3.8) is 0 Å². The molecule has 0 bridgehead atoms. The molecule has 0 aromatic rings. The lowest BCUT2D eigenvalue weighted by Gasteiger charge is -2.42. The van der Waals surface area contributed by atoms with Gasteiger partial charge < -0.3 is 9.84 Å². The highest BCUT2D eigenvalue weighted by Crippen LogP contribution is 2.28. The summed E-state index contributed by atoms with van der Waals surface area (Å²) in [6.45, 7) is 7.04. The molecule has 0 amide bonds. The number of carboxylic acids is 1. The first-order valence-corrected chi connectivity index (χ1v) is 6.23. The third-order valence-corrected chi connectivity index (χ3v) is 3.31. The van der Waals surface area contributed by atoms with Crippen LogP contribution in [0.5, 0.6) is 0 Å². The molecule has 0 atom stereocenters. The van der Waals surface area contributed by atoms with Crippen LogP contribution in [0, 0.1) is 0 Å². The second-order valence-electron chi connectivity index (χ2n) is 4.44. The van der Waals surface area contributed by atoms with Crippen molar-refractivity contribution in [3.05, 3.63) is 0 Å². The monoisotopic (exact) mass is 229 g/mol. The number of ether oxygens (including phenoxy) is 1. The SMILES string of the molecule is CCCN(CCC)C1(C(=O)O)CCOCC1. The van der Waals surface area contributed by atoms with Crippen LogP contribution in [-0.4, -0.2) is 47.8 Å². The van der Waals surface area contributed by atoms with E-state index in [0.717, 1.165) is 25.9 Å². The number of hydrogen-bond donors (Lipinski definition) is 1. The number of carboxylic acid groups (broad SMARTS) is 1. The maximum atomic E-state index is 11.6. The van der Waals surface area contributed by atoms with Gasteiger partial charge in [0.25, 0.3) is 0 Å². The van der Waals surface area contributed by atoms with Crippen molar-refractivity contribution in [2.75, 3.05) is 26.3 Å². The van der Waals surface area contributed by atoms with Gasteiger partial charge in [0.15, 0.2) is 0 Å². The predicted octanol–water partition coefficient (Wildman–Crippen LogP) is 1.74. The van der Waals surface area contributed by atoms with Crippen molar-refractivity contribution in [1.29, 1.82) is 0 Å². The highest BCUT2D eigenvalue weighted by atomic mass is 16.5. The van der Waals surface area contributed by atoms with E-state index in [-0.39, 0.29) is 0 Å². The van der Waals surface area contributed by atoms with Crippen LogP contribution in [0.1, 0.15) is 39.5 Å². The molecule has 1 saturated heterocycles. The summed E-state index contributed by atoms with van der Waals surface area (Å²) in [7, 11) is 0. The van der Waals surface area contributed by atoms with Gasteiger partial charge in [-0.1, -0.05) is 13.8 Å². The molecule has 1 heterocycles. The summed E-state index contributed by atoms with van der Waals surface area (Å²) in [5.74, 6) is -0.683. The van der Waals surface area contributed by atoms with Crippen LogP contribution in [0.4, 0.5) is 0 Å². The molecule has 1 rings (SSSR count). The highest BCUT2D eigenvalue weighted by Gasteiger charge is 2.44. The zero-order valence-electron chi connectivity index (χ0n) is 10.4. The lowest BCUT2D eigenvalue weighted by atomic mass is 9.87. The van der Waals surface area contributed by atoms with Gasteiger partial charge in [0.2, 0.25) is 0 Å². The number of aliphatic carboxylic acids is 1. The Labute approximate surface area is 97.6 Å². The summed E-state index contributed by atoms with van der Waals surface area (Å²) in [5.41, 5.74) is -0.676. The van der Waals surface area contributed by atoms with Gasteiger partial charge in [-0.25, -0.2) is 0 Å². The Hall–Kier alpha value is -0.610. The molecule has 0 aromatic carbocycles. The van der Waals surface area contributed by atoms with Gasteiger partial charge in [-0.05, 0) is 38.8 Å². The van der Waals surface area contributed by atoms with Gasteiger partial charge in [0, 0.05) is 13.2 Å². The van der Waals surface area contributed by atoms with Gasteiger partial charge in [-0.15, -0.1) is 0 Å². The molecule has 0 aliphatic carbocycles. The molecule has 4 heteroatoms. The molecule has 0 spiro atoms. The van der Waals surface area contributed by atoms with Crippen LogP contribution in [0.2, 0.25) is 0 Å². The van der Waals surface area contributed by atoms with Crippen molar-refractivity contribution in [2.24, 2.45) is 0 Å². The average molecular weight is 229 g/mol. The van der Waals surface area contributed by atoms with Crippen LogP contribution >= 0.6 is 0 Å². The van der Waals surface area contributed by atoms with E-state index in [0.29, 0.717) is 26.1 Å². The van der Waals surface area contributed by atoms with Gasteiger partial charge in [-0.3, -0.25) is 9.69 Å². The fraction of sp³-hybridized carbons (Fsp3) is 0.917. The first-order chi connectivity index (χ1) is 7.67. The predicted molar refractivity (Wildman–Crippen MR) is 62.6 cm³/mol. The Morgan fingerprint density at radius 3 is 2.12 bits per heavy atom.